The molecule has 0 rings (SSSR count). The fraction of sp³-hybridized carbons (Fsp3) is 0.778. The van der Waals surface area contributed by atoms with Gasteiger partial charge in [0.05, 0.1) is 0 Å². The summed E-state index contributed by atoms with van der Waals surface area (Å²) < 4.78 is 0. The normalized spacial score (nSPS) is 12.2. The molecule has 2 amide bonds. The molecule has 13 heavy (non-hydrogen) atoms. The highest BCUT2D eigenvalue weighted by Gasteiger charge is 2.20. The first-order valence-electron chi connectivity index (χ1n) is 4.57. The second-order valence-electron chi connectivity index (χ2n) is 3.14. The van der Waals surface area contributed by atoms with E-state index in [0.717, 1.165) is 12.8 Å². The summed E-state index contributed by atoms with van der Waals surface area (Å²) in [6.07, 6.45) is 1.90. The van der Waals surface area contributed by atoms with Crippen molar-refractivity contribution in [1.29, 1.82) is 0 Å². The lowest BCUT2D eigenvalue weighted by molar-refractivity contribution is -0.137. The van der Waals surface area contributed by atoms with Crippen LogP contribution in [-0.2, 0) is 9.59 Å². The summed E-state index contributed by atoms with van der Waals surface area (Å²) in [6, 6.07) is -0.496. The SMILES string of the molecule is CCCCN(C(C)=O)C(C)C(N)=O. The van der Waals surface area contributed by atoms with Crippen LogP contribution in [0.25, 0.3) is 0 Å². The number of unbranched alkanes of at least 4 members (excludes halogenated alkanes) is 1. The zero-order valence-electron chi connectivity index (χ0n) is 8.54. The maximum atomic E-state index is 11.1. The molecule has 1 atom stereocenters. The van der Waals surface area contributed by atoms with Gasteiger partial charge in [0, 0.05) is 13.5 Å². The van der Waals surface area contributed by atoms with E-state index in [1.54, 1.807) is 6.92 Å². The van der Waals surface area contributed by atoms with E-state index in [1.165, 1.54) is 11.8 Å². The predicted octanol–water partition coefficient (Wildman–Crippen LogP) is 0.509. The van der Waals surface area contributed by atoms with Crippen LogP contribution in [0.2, 0.25) is 0 Å². The van der Waals surface area contributed by atoms with Crippen molar-refractivity contribution in [2.24, 2.45) is 5.73 Å². The van der Waals surface area contributed by atoms with Crippen LogP contribution in [0.1, 0.15) is 33.6 Å². The van der Waals surface area contributed by atoms with Crippen LogP contribution in [0.15, 0.2) is 0 Å². The minimum Gasteiger partial charge on any atom is -0.368 e. The lowest BCUT2D eigenvalue weighted by atomic mass is 10.2. The van der Waals surface area contributed by atoms with Crippen molar-refractivity contribution in [3.05, 3.63) is 0 Å². The van der Waals surface area contributed by atoms with Gasteiger partial charge in [0.15, 0.2) is 0 Å². The van der Waals surface area contributed by atoms with Crippen molar-refractivity contribution >= 4 is 11.8 Å². The number of rotatable bonds is 5. The van der Waals surface area contributed by atoms with Crippen LogP contribution >= 0.6 is 0 Å². The molecule has 0 heterocycles. The zero-order chi connectivity index (χ0) is 10.4. The van der Waals surface area contributed by atoms with Crippen LogP contribution in [0.3, 0.4) is 0 Å². The van der Waals surface area contributed by atoms with E-state index >= 15 is 0 Å². The summed E-state index contributed by atoms with van der Waals surface area (Å²) in [6.45, 7) is 5.75. The summed E-state index contributed by atoms with van der Waals surface area (Å²) in [4.78, 5) is 23.5. The fourth-order valence-corrected chi connectivity index (χ4v) is 1.11. The molecule has 0 aromatic heterocycles. The van der Waals surface area contributed by atoms with Gasteiger partial charge in [-0.3, -0.25) is 9.59 Å². The maximum absolute atomic E-state index is 11.1. The Hall–Kier alpha value is -1.06. The van der Waals surface area contributed by atoms with Gasteiger partial charge >= 0.3 is 0 Å². The minimum absolute atomic E-state index is 0.0975. The van der Waals surface area contributed by atoms with Gasteiger partial charge in [0.25, 0.3) is 0 Å². The molecule has 0 saturated heterocycles. The number of amides is 2. The predicted molar refractivity (Wildman–Crippen MR) is 51.0 cm³/mol. The molecule has 4 heteroatoms. The molecule has 0 aromatic carbocycles. The molecule has 0 aromatic rings. The Balaban J connectivity index is 4.24. The largest absolute Gasteiger partial charge is 0.368 e. The van der Waals surface area contributed by atoms with Crippen LogP contribution < -0.4 is 5.73 Å². The van der Waals surface area contributed by atoms with Gasteiger partial charge < -0.3 is 10.6 Å². The summed E-state index contributed by atoms with van der Waals surface area (Å²) in [5, 5.41) is 0. The first-order valence-corrected chi connectivity index (χ1v) is 4.57. The lowest BCUT2D eigenvalue weighted by Crippen LogP contribution is -2.45. The summed E-state index contributed by atoms with van der Waals surface area (Å²) in [5.41, 5.74) is 5.11. The molecule has 1 unspecified atom stereocenters. The molecule has 0 radical (unpaired) electrons. The number of hydrogen-bond acceptors (Lipinski definition) is 2. The Kier molecular flexibility index (Phi) is 5.11. The van der Waals surface area contributed by atoms with E-state index in [0.29, 0.717) is 6.54 Å². The molecule has 0 spiro atoms. The van der Waals surface area contributed by atoms with Gasteiger partial charge in [0.2, 0.25) is 11.8 Å². The third-order valence-corrected chi connectivity index (χ3v) is 2.04. The lowest BCUT2D eigenvalue weighted by Gasteiger charge is -2.25. The van der Waals surface area contributed by atoms with Gasteiger partial charge in [-0.05, 0) is 13.3 Å². The summed E-state index contributed by atoms with van der Waals surface area (Å²) in [5.74, 6) is -0.550. The zero-order valence-corrected chi connectivity index (χ0v) is 8.54. The molecule has 4 nitrogen and oxygen atoms in total. The Bertz CT molecular complexity index is 192. The Labute approximate surface area is 79.1 Å². The van der Waals surface area contributed by atoms with E-state index in [9.17, 15) is 9.59 Å². The quantitative estimate of drug-likeness (QED) is 0.680. The van der Waals surface area contributed by atoms with Gasteiger partial charge in [0.1, 0.15) is 6.04 Å². The molecule has 2 N–H and O–H groups in total. The third-order valence-electron chi connectivity index (χ3n) is 2.04. The number of carbonyl (C=O) groups excluding carboxylic acids is 2. The first kappa shape index (κ1) is 11.9. The first-order chi connectivity index (χ1) is 6.00. The van der Waals surface area contributed by atoms with Crippen molar-refractivity contribution in [3.63, 3.8) is 0 Å². The van der Waals surface area contributed by atoms with Gasteiger partial charge in [-0.25, -0.2) is 0 Å². The van der Waals surface area contributed by atoms with Gasteiger partial charge in [-0.1, -0.05) is 13.3 Å². The molecular formula is C9H18N2O2. The van der Waals surface area contributed by atoms with E-state index in [2.05, 4.69) is 0 Å². The molecule has 0 aliphatic carbocycles. The monoisotopic (exact) mass is 186 g/mol. The van der Waals surface area contributed by atoms with Gasteiger partial charge in [-0.15, -0.1) is 0 Å². The smallest absolute Gasteiger partial charge is 0.239 e. The molecular weight excluding hydrogens is 168 g/mol. The van der Waals surface area contributed by atoms with E-state index in [4.69, 9.17) is 5.73 Å². The molecule has 0 fully saturated rings. The Morgan fingerprint density at radius 1 is 1.46 bits per heavy atom. The number of nitrogens with zero attached hydrogens (tertiary/aromatic N) is 1. The standard InChI is InChI=1S/C9H18N2O2/c1-4-5-6-11(8(3)12)7(2)9(10)13/h7H,4-6H2,1-3H3,(H2,10,13). The summed E-state index contributed by atoms with van der Waals surface area (Å²) in [7, 11) is 0. The number of nitrogens with two attached hydrogens (primary N) is 1. The van der Waals surface area contributed by atoms with Crippen molar-refractivity contribution in [1.82, 2.24) is 4.90 Å². The Morgan fingerprint density at radius 3 is 2.31 bits per heavy atom. The second-order valence-corrected chi connectivity index (χ2v) is 3.14. The second kappa shape index (κ2) is 5.56. The number of carbonyl (C=O) groups is 2. The van der Waals surface area contributed by atoms with Crippen molar-refractivity contribution in [2.75, 3.05) is 6.54 Å². The minimum atomic E-state index is -0.496. The topological polar surface area (TPSA) is 63.4 Å². The summed E-state index contributed by atoms with van der Waals surface area (Å²) >= 11 is 0. The average Bonchev–Trinajstić information content (AvgIpc) is 2.04. The highest BCUT2D eigenvalue weighted by Crippen LogP contribution is 2.02. The molecule has 0 saturated carbocycles. The number of primary amides is 1. The van der Waals surface area contributed by atoms with E-state index in [-0.39, 0.29) is 5.91 Å². The molecule has 0 bridgehead atoms. The van der Waals surface area contributed by atoms with E-state index < -0.39 is 11.9 Å². The van der Waals surface area contributed by atoms with Crippen molar-refractivity contribution in [2.45, 2.75) is 39.7 Å². The average molecular weight is 186 g/mol. The Morgan fingerprint density at radius 2 is 2.00 bits per heavy atom. The van der Waals surface area contributed by atoms with Crippen LogP contribution in [0, 0.1) is 0 Å². The molecule has 76 valence electrons. The van der Waals surface area contributed by atoms with Crippen molar-refractivity contribution < 1.29 is 9.59 Å². The van der Waals surface area contributed by atoms with Crippen LogP contribution in [0.5, 0.6) is 0 Å². The highest BCUT2D eigenvalue weighted by molar-refractivity contribution is 5.85. The fourth-order valence-electron chi connectivity index (χ4n) is 1.11. The van der Waals surface area contributed by atoms with Crippen LogP contribution in [-0.4, -0.2) is 29.3 Å². The molecule has 0 aliphatic rings. The maximum Gasteiger partial charge on any atom is 0.239 e. The van der Waals surface area contributed by atoms with E-state index in [1.807, 2.05) is 6.92 Å². The molecule has 0 aliphatic heterocycles. The van der Waals surface area contributed by atoms with Crippen LogP contribution in [0.4, 0.5) is 0 Å². The van der Waals surface area contributed by atoms with Gasteiger partial charge in [-0.2, -0.15) is 0 Å². The van der Waals surface area contributed by atoms with Crippen molar-refractivity contribution in [3.8, 4) is 0 Å². The highest BCUT2D eigenvalue weighted by atomic mass is 16.2. The number of hydrogen-bond donors (Lipinski definition) is 1. The third kappa shape index (κ3) is 3.92.